The lowest BCUT2D eigenvalue weighted by molar-refractivity contribution is 0.0786. The number of likely N-dealkylation sites (tertiary alicyclic amines) is 1. The normalized spacial score (nSPS) is 20.0. The van der Waals surface area contributed by atoms with Crippen LogP contribution in [0.25, 0.3) is 0 Å². The fraction of sp³-hybridized carbons (Fsp3) is 0.350. The predicted octanol–water partition coefficient (Wildman–Crippen LogP) is 1.80. The highest BCUT2D eigenvalue weighted by molar-refractivity contribution is 7.89. The molecule has 0 aromatic heterocycles. The molecular weight excluding hydrogens is 362 g/mol. The summed E-state index contributed by atoms with van der Waals surface area (Å²) in [6, 6.07) is 16.3. The minimum atomic E-state index is -3.60. The van der Waals surface area contributed by atoms with E-state index < -0.39 is 10.0 Å². The number of nitrogens with one attached hydrogen (secondary N) is 1. The molecule has 0 bridgehead atoms. The lowest BCUT2D eigenvalue weighted by atomic mass is 9.89. The molecule has 27 heavy (non-hydrogen) atoms. The maximum absolute atomic E-state index is 13.0. The van der Waals surface area contributed by atoms with Crippen molar-refractivity contribution in [1.29, 1.82) is 0 Å². The molecule has 2 aromatic carbocycles. The minimum Gasteiger partial charge on any atom is -0.338 e. The molecule has 1 amide bonds. The number of benzene rings is 2. The first-order chi connectivity index (χ1) is 13.0. The lowest BCUT2D eigenvalue weighted by Crippen LogP contribution is -2.30. The van der Waals surface area contributed by atoms with Crippen molar-refractivity contribution >= 4 is 15.9 Å². The summed E-state index contributed by atoms with van der Waals surface area (Å²) >= 11 is 0. The van der Waals surface area contributed by atoms with Crippen molar-refractivity contribution in [2.24, 2.45) is 11.7 Å². The zero-order valence-electron chi connectivity index (χ0n) is 15.3. The Labute approximate surface area is 160 Å². The van der Waals surface area contributed by atoms with Gasteiger partial charge >= 0.3 is 0 Å². The third-order valence-electron chi connectivity index (χ3n) is 4.98. The van der Waals surface area contributed by atoms with Gasteiger partial charge in [-0.25, -0.2) is 13.1 Å². The average Bonchev–Trinajstić information content (AvgIpc) is 3.12. The molecule has 0 radical (unpaired) electrons. The van der Waals surface area contributed by atoms with Gasteiger partial charge in [-0.1, -0.05) is 43.3 Å². The number of hydrogen-bond donors (Lipinski definition) is 2. The zero-order chi connectivity index (χ0) is 19.4. The summed E-state index contributed by atoms with van der Waals surface area (Å²) < 4.78 is 26.9. The number of nitrogens with two attached hydrogens (primary N) is 1. The maximum Gasteiger partial charge on any atom is 0.253 e. The molecule has 0 saturated carbocycles. The third kappa shape index (κ3) is 4.21. The van der Waals surface area contributed by atoms with Crippen molar-refractivity contribution in [3.05, 3.63) is 65.7 Å². The monoisotopic (exact) mass is 387 g/mol. The molecule has 144 valence electrons. The van der Waals surface area contributed by atoms with E-state index in [9.17, 15) is 13.2 Å². The van der Waals surface area contributed by atoms with Gasteiger partial charge in [0.2, 0.25) is 10.0 Å². The fourth-order valence-corrected chi connectivity index (χ4v) is 4.69. The SMILES string of the molecule is CCNS(=O)(=O)c1cccc(C(=O)N2C[C@@H](CN)[C@H](c3ccccc3)C2)c1. The minimum absolute atomic E-state index is 0.101. The zero-order valence-corrected chi connectivity index (χ0v) is 16.2. The fourth-order valence-electron chi connectivity index (χ4n) is 3.61. The second-order valence-electron chi connectivity index (χ2n) is 6.75. The molecule has 1 aliphatic heterocycles. The number of carbonyl (C=O) groups is 1. The molecule has 7 heteroatoms. The van der Waals surface area contributed by atoms with Crippen LogP contribution < -0.4 is 10.5 Å². The number of nitrogens with zero attached hydrogens (tertiary/aromatic N) is 1. The summed E-state index contributed by atoms with van der Waals surface area (Å²) in [7, 11) is -3.60. The number of carbonyl (C=O) groups excluding carboxylic acids is 1. The molecular formula is C20H25N3O3S. The van der Waals surface area contributed by atoms with Gasteiger partial charge in [-0.15, -0.1) is 0 Å². The Hall–Kier alpha value is -2.22. The Morgan fingerprint density at radius 3 is 2.56 bits per heavy atom. The number of sulfonamides is 1. The summed E-state index contributed by atoms with van der Waals surface area (Å²) in [6.07, 6.45) is 0. The summed E-state index contributed by atoms with van der Waals surface area (Å²) in [5, 5.41) is 0. The standard InChI is InChI=1S/C20H25N3O3S/c1-2-22-27(25,26)18-10-6-9-16(11-18)20(24)23-13-17(12-21)19(14-23)15-7-4-3-5-8-15/h3-11,17,19,22H,2,12-14,21H2,1H3/t17-,19+/m1/s1. The Morgan fingerprint density at radius 2 is 1.89 bits per heavy atom. The van der Waals surface area contributed by atoms with Gasteiger partial charge in [-0.05, 0) is 36.2 Å². The van der Waals surface area contributed by atoms with E-state index >= 15 is 0 Å². The van der Waals surface area contributed by atoms with Crippen LogP contribution in [0.2, 0.25) is 0 Å². The van der Waals surface area contributed by atoms with Gasteiger partial charge < -0.3 is 10.6 Å². The third-order valence-corrected chi connectivity index (χ3v) is 6.53. The van der Waals surface area contributed by atoms with Crippen LogP contribution in [0.4, 0.5) is 0 Å². The lowest BCUT2D eigenvalue weighted by Gasteiger charge is -2.17. The molecule has 2 aromatic rings. The molecule has 1 aliphatic rings. The summed E-state index contributed by atoms with van der Waals surface area (Å²) in [4.78, 5) is 14.9. The molecule has 0 spiro atoms. The van der Waals surface area contributed by atoms with Crippen molar-refractivity contribution in [1.82, 2.24) is 9.62 Å². The number of hydrogen-bond acceptors (Lipinski definition) is 4. The highest BCUT2D eigenvalue weighted by atomic mass is 32.2. The van der Waals surface area contributed by atoms with Crippen LogP contribution in [0.1, 0.15) is 28.8 Å². The van der Waals surface area contributed by atoms with Crippen LogP contribution in [-0.2, 0) is 10.0 Å². The van der Waals surface area contributed by atoms with Crippen LogP contribution in [0.15, 0.2) is 59.5 Å². The Bertz CT molecular complexity index is 900. The Morgan fingerprint density at radius 1 is 1.15 bits per heavy atom. The van der Waals surface area contributed by atoms with Crippen molar-refractivity contribution in [3.63, 3.8) is 0 Å². The van der Waals surface area contributed by atoms with Crippen molar-refractivity contribution in [3.8, 4) is 0 Å². The van der Waals surface area contributed by atoms with Gasteiger partial charge in [-0.2, -0.15) is 0 Å². The smallest absolute Gasteiger partial charge is 0.253 e. The first-order valence-corrected chi connectivity index (χ1v) is 10.6. The van der Waals surface area contributed by atoms with E-state index in [4.69, 9.17) is 5.73 Å². The molecule has 1 fully saturated rings. The van der Waals surface area contributed by atoms with E-state index in [1.165, 1.54) is 17.7 Å². The number of amides is 1. The second kappa shape index (κ2) is 8.21. The topological polar surface area (TPSA) is 92.5 Å². The van der Waals surface area contributed by atoms with E-state index in [0.717, 1.165) is 0 Å². The van der Waals surface area contributed by atoms with Crippen LogP contribution in [0.5, 0.6) is 0 Å². The number of rotatable bonds is 6. The highest BCUT2D eigenvalue weighted by Crippen LogP contribution is 2.32. The van der Waals surface area contributed by atoms with Crippen LogP contribution in [0, 0.1) is 5.92 Å². The van der Waals surface area contributed by atoms with Crippen LogP contribution >= 0.6 is 0 Å². The van der Waals surface area contributed by atoms with Gasteiger partial charge in [0.25, 0.3) is 5.91 Å². The van der Waals surface area contributed by atoms with Gasteiger partial charge in [0.15, 0.2) is 0 Å². The largest absolute Gasteiger partial charge is 0.338 e. The maximum atomic E-state index is 13.0. The van der Waals surface area contributed by atoms with E-state index in [2.05, 4.69) is 16.9 Å². The van der Waals surface area contributed by atoms with Crippen molar-refractivity contribution in [2.75, 3.05) is 26.2 Å². The Kier molecular flexibility index (Phi) is 5.94. The van der Waals surface area contributed by atoms with E-state index in [1.54, 1.807) is 24.0 Å². The molecule has 3 rings (SSSR count). The quantitative estimate of drug-likeness (QED) is 0.790. The molecule has 3 N–H and O–H groups in total. The van der Waals surface area contributed by atoms with E-state index in [-0.39, 0.29) is 22.6 Å². The van der Waals surface area contributed by atoms with Gasteiger partial charge in [0.05, 0.1) is 4.90 Å². The molecule has 0 unspecified atom stereocenters. The average molecular weight is 388 g/mol. The van der Waals surface area contributed by atoms with Crippen LogP contribution in [-0.4, -0.2) is 45.4 Å². The van der Waals surface area contributed by atoms with Crippen molar-refractivity contribution < 1.29 is 13.2 Å². The molecule has 1 saturated heterocycles. The summed E-state index contributed by atoms with van der Waals surface area (Å²) in [5.41, 5.74) is 7.50. The molecule has 2 atom stereocenters. The van der Waals surface area contributed by atoms with Gasteiger partial charge in [0, 0.05) is 31.1 Å². The van der Waals surface area contributed by atoms with E-state index in [0.29, 0.717) is 31.7 Å². The second-order valence-corrected chi connectivity index (χ2v) is 8.52. The van der Waals surface area contributed by atoms with Gasteiger partial charge in [-0.3, -0.25) is 4.79 Å². The first kappa shape index (κ1) is 19.5. The Balaban J connectivity index is 1.82. The molecule has 0 aliphatic carbocycles. The van der Waals surface area contributed by atoms with Gasteiger partial charge in [0.1, 0.15) is 0 Å². The summed E-state index contributed by atoms with van der Waals surface area (Å²) in [5.74, 6) is 0.208. The van der Waals surface area contributed by atoms with E-state index in [1.807, 2.05) is 18.2 Å². The molecule has 1 heterocycles. The van der Waals surface area contributed by atoms with Crippen LogP contribution in [0.3, 0.4) is 0 Å². The molecule has 6 nitrogen and oxygen atoms in total. The predicted molar refractivity (Wildman–Crippen MR) is 105 cm³/mol. The first-order valence-electron chi connectivity index (χ1n) is 9.10. The highest BCUT2D eigenvalue weighted by Gasteiger charge is 2.35. The summed E-state index contributed by atoms with van der Waals surface area (Å²) in [6.45, 7) is 3.66. The van der Waals surface area contributed by atoms with Crippen molar-refractivity contribution in [2.45, 2.75) is 17.7 Å².